The van der Waals surface area contributed by atoms with Crippen molar-refractivity contribution in [2.45, 2.75) is 25.5 Å². The van der Waals surface area contributed by atoms with Gasteiger partial charge in [0.15, 0.2) is 0 Å². The van der Waals surface area contributed by atoms with Gasteiger partial charge < -0.3 is 15.2 Å². The molecule has 0 saturated carbocycles. The number of hydrogen-bond acceptors (Lipinski definition) is 4. The lowest BCUT2D eigenvalue weighted by molar-refractivity contribution is 0.298. The van der Waals surface area contributed by atoms with Crippen molar-refractivity contribution in [3.8, 4) is 11.6 Å². The predicted molar refractivity (Wildman–Crippen MR) is 76.8 cm³/mol. The van der Waals surface area contributed by atoms with Gasteiger partial charge >= 0.3 is 0 Å². The lowest BCUT2D eigenvalue weighted by atomic mass is 10.1. The van der Waals surface area contributed by atoms with Gasteiger partial charge in [-0.25, -0.2) is 4.98 Å². The highest BCUT2D eigenvalue weighted by atomic mass is 16.5. The summed E-state index contributed by atoms with van der Waals surface area (Å²) in [5.41, 5.74) is 9.42. The molecule has 0 aliphatic heterocycles. The van der Waals surface area contributed by atoms with Gasteiger partial charge in [-0.3, -0.25) is 0 Å². The summed E-state index contributed by atoms with van der Waals surface area (Å²) in [4.78, 5) is 4.32. The Morgan fingerprint density at radius 1 is 1.30 bits per heavy atom. The fraction of sp³-hybridized carbons (Fsp3) is 0.312. The molecule has 0 radical (unpaired) electrons. The topological polar surface area (TPSA) is 57.4 Å². The van der Waals surface area contributed by atoms with Gasteiger partial charge in [-0.05, 0) is 42.2 Å². The fourth-order valence-electron chi connectivity index (χ4n) is 2.53. The zero-order chi connectivity index (χ0) is 13.9. The fourth-order valence-corrected chi connectivity index (χ4v) is 2.53. The summed E-state index contributed by atoms with van der Waals surface area (Å²) in [7, 11) is 1.61. The van der Waals surface area contributed by atoms with Crippen molar-refractivity contribution < 1.29 is 9.47 Å². The minimum atomic E-state index is 0.180. The maximum atomic E-state index is 6.03. The molecule has 0 spiro atoms. The van der Waals surface area contributed by atoms with Crippen molar-refractivity contribution in [1.29, 1.82) is 0 Å². The summed E-state index contributed by atoms with van der Waals surface area (Å²) in [5, 5.41) is 0. The van der Waals surface area contributed by atoms with Crippen LogP contribution < -0.4 is 15.2 Å². The number of benzene rings is 1. The van der Waals surface area contributed by atoms with E-state index in [1.807, 2.05) is 24.3 Å². The maximum Gasteiger partial charge on any atom is 0.213 e. The number of rotatable bonds is 4. The Bertz CT molecular complexity index is 613. The van der Waals surface area contributed by atoms with E-state index in [1.54, 1.807) is 7.11 Å². The van der Waals surface area contributed by atoms with Gasteiger partial charge in [0.25, 0.3) is 0 Å². The summed E-state index contributed by atoms with van der Waals surface area (Å²) in [6.07, 6.45) is 2.06. The van der Waals surface area contributed by atoms with E-state index in [2.05, 4.69) is 17.1 Å². The number of ether oxygens (including phenoxy) is 2. The second-order valence-corrected chi connectivity index (χ2v) is 4.97. The van der Waals surface area contributed by atoms with E-state index in [0.717, 1.165) is 24.3 Å². The van der Waals surface area contributed by atoms with E-state index in [9.17, 15) is 0 Å². The summed E-state index contributed by atoms with van der Waals surface area (Å²) < 4.78 is 10.9. The van der Waals surface area contributed by atoms with E-state index < -0.39 is 0 Å². The molecule has 20 heavy (non-hydrogen) atoms. The Balaban J connectivity index is 1.69. The molecule has 1 aliphatic carbocycles. The van der Waals surface area contributed by atoms with Crippen LogP contribution in [0.3, 0.4) is 0 Å². The van der Waals surface area contributed by atoms with Crippen molar-refractivity contribution >= 4 is 0 Å². The lowest BCUT2D eigenvalue weighted by Crippen LogP contribution is -2.05. The molecule has 0 unspecified atom stereocenters. The molecule has 0 saturated heterocycles. The molecule has 3 rings (SSSR count). The molecule has 4 nitrogen and oxygen atoms in total. The van der Waals surface area contributed by atoms with Gasteiger partial charge in [0.1, 0.15) is 12.4 Å². The number of nitrogens with zero attached hydrogens (tertiary/aromatic N) is 1. The molecule has 1 aromatic carbocycles. The molecule has 2 aromatic rings. The smallest absolute Gasteiger partial charge is 0.213 e. The minimum Gasteiger partial charge on any atom is -0.487 e. The molecule has 0 bridgehead atoms. The molecule has 0 amide bonds. The SMILES string of the molecule is COc1cccc(COc2ccc3c(c2)CC[C@H]3N)n1. The predicted octanol–water partition coefficient (Wildman–Crippen LogP) is 2.62. The number of fused-ring (bicyclic) bond motifs is 1. The zero-order valence-corrected chi connectivity index (χ0v) is 11.5. The maximum absolute atomic E-state index is 6.03. The molecule has 1 heterocycles. The molecular weight excluding hydrogens is 252 g/mol. The molecule has 4 heteroatoms. The Morgan fingerprint density at radius 2 is 2.20 bits per heavy atom. The lowest BCUT2D eigenvalue weighted by Gasteiger charge is -2.09. The van der Waals surface area contributed by atoms with E-state index in [4.69, 9.17) is 15.2 Å². The van der Waals surface area contributed by atoms with Crippen LogP contribution in [0.25, 0.3) is 0 Å². The van der Waals surface area contributed by atoms with E-state index in [1.165, 1.54) is 11.1 Å². The number of methoxy groups -OCH3 is 1. The Morgan fingerprint density at radius 3 is 3.05 bits per heavy atom. The normalized spacial score (nSPS) is 16.8. The van der Waals surface area contributed by atoms with Gasteiger partial charge in [0, 0.05) is 12.1 Å². The minimum absolute atomic E-state index is 0.180. The van der Waals surface area contributed by atoms with Crippen LogP contribution >= 0.6 is 0 Å². The van der Waals surface area contributed by atoms with E-state index in [0.29, 0.717) is 12.5 Å². The number of nitrogens with two attached hydrogens (primary N) is 1. The first kappa shape index (κ1) is 12.9. The van der Waals surface area contributed by atoms with Crippen LogP contribution in [-0.2, 0) is 13.0 Å². The van der Waals surface area contributed by atoms with Crippen molar-refractivity contribution in [2.75, 3.05) is 7.11 Å². The molecule has 1 aliphatic rings. The third-order valence-electron chi connectivity index (χ3n) is 3.62. The Hall–Kier alpha value is -2.07. The summed E-state index contributed by atoms with van der Waals surface area (Å²) in [5.74, 6) is 1.47. The average molecular weight is 270 g/mol. The molecule has 2 N–H and O–H groups in total. The summed E-state index contributed by atoms with van der Waals surface area (Å²) in [6.45, 7) is 0.433. The first-order valence-corrected chi connectivity index (χ1v) is 6.77. The van der Waals surface area contributed by atoms with Crippen LogP contribution in [0.4, 0.5) is 0 Å². The van der Waals surface area contributed by atoms with Crippen molar-refractivity contribution in [3.05, 3.63) is 53.2 Å². The van der Waals surface area contributed by atoms with Crippen LogP contribution in [0, 0.1) is 0 Å². The Labute approximate surface area is 118 Å². The highest BCUT2D eigenvalue weighted by Crippen LogP contribution is 2.32. The number of pyridine rings is 1. The van der Waals surface area contributed by atoms with Crippen molar-refractivity contribution in [1.82, 2.24) is 4.98 Å². The highest BCUT2D eigenvalue weighted by Gasteiger charge is 2.19. The second kappa shape index (κ2) is 5.51. The summed E-state index contributed by atoms with van der Waals surface area (Å²) in [6, 6.07) is 12.0. The molecule has 1 aromatic heterocycles. The number of aromatic nitrogens is 1. The third kappa shape index (κ3) is 2.60. The van der Waals surface area contributed by atoms with Gasteiger partial charge in [-0.2, -0.15) is 0 Å². The van der Waals surface area contributed by atoms with Crippen LogP contribution in [0.2, 0.25) is 0 Å². The number of aryl methyl sites for hydroxylation is 1. The third-order valence-corrected chi connectivity index (χ3v) is 3.62. The largest absolute Gasteiger partial charge is 0.487 e. The van der Waals surface area contributed by atoms with Gasteiger partial charge in [-0.1, -0.05) is 12.1 Å². The zero-order valence-electron chi connectivity index (χ0n) is 11.5. The van der Waals surface area contributed by atoms with Crippen molar-refractivity contribution in [3.63, 3.8) is 0 Å². The standard InChI is InChI=1S/C16H18N2O2/c1-19-16-4-2-3-12(18-16)10-20-13-6-7-14-11(9-13)5-8-15(14)17/h2-4,6-7,9,15H,5,8,10,17H2,1H3/t15-/m1/s1. The monoisotopic (exact) mass is 270 g/mol. The molecule has 104 valence electrons. The average Bonchev–Trinajstić information content (AvgIpc) is 2.86. The highest BCUT2D eigenvalue weighted by molar-refractivity contribution is 5.40. The van der Waals surface area contributed by atoms with E-state index >= 15 is 0 Å². The van der Waals surface area contributed by atoms with Crippen LogP contribution in [0.15, 0.2) is 36.4 Å². The van der Waals surface area contributed by atoms with Gasteiger partial charge in [-0.15, -0.1) is 0 Å². The molecular formula is C16H18N2O2. The van der Waals surface area contributed by atoms with Crippen LogP contribution in [0.5, 0.6) is 11.6 Å². The molecule has 1 atom stereocenters. The van der Waals surface area contributed by atoms with Crippen molar-refractivity contribution in [2.24, 2.45) is 5.73 Å². The first-order valence-electron chi connectivity index (χ1n) is 6.77. The number of hydrogen-bond donors (Lipinski definition) is 1. The quantitative estimate of drug-likeness (QED) is 0.927. The van der Waals surface area contributed by atoms with E-state index in [-0.39, 0.29) is 6.04 Å². The van der Waals surface area contributed by atoms with Crippen LogP contribution in [-0.4, -0.2) is 12.1 Å². The first-order chi connectivity index (χ1) is 9.76. The Kier molecular flexibility index (Phi) is 3.56. The van der Waals surface area contributed by atoms with Gasteiger partial charge in [0.05, 0.1) is 12.8 Å². The summed E-state index contributed by atoms with van der Waals surface area (Å²) >= 11 is 0. The molecule has 0 fully saturated rings. The second-order valence-electron chi connectivity index (χ2n) is 4.97. The van der Waals surface area contributed by atoms with Gasteiger partial charge in [0.2, 0.25) is 5.88 Å². The van der Waals surface area contributed by atoms with Crippen LogP contribution in [0.1, 0.15) is 29.3 Å².